The van der Waals surface area contributed by atoms with Gasteiger partial charge in [0.25, 0.3) is 0 Å². The van der Waals surface area contributed by atoms with Gasteiger partial charge in [0.2, 0.25) is 0 Å². The van der Waals surface area contributed by atoms with Crippen LogP contribution in [0.15, 0.2) is 60.8 Å². The largest absolute Gasteiger partial charge is 0.362 e. The van der Waals surface area contributed by atoms with Crippen molar-refractivity contribution >= 4 is 23.1 Å². The Kier molecular flexibility index (Phi) is 4.97. The summed E-state index contributed by atoms with van der Waals surface area (Å²) in [4.78, 5) is 11.9. The minimum Gasteiger partial charge on any atom is -0.362 e. The van der Waals surface area contributed by atoms with Gasteiger partial charge < -0.3 is 5.32 Å². The minimum atomic E-state index is -0.0193. The number of ketones is 1. The van der Waals surface area contributed by atoms with Crippen LogP contribution >= 0.6 is 11.6 Å². The molecule has 2 nitrogen and oxygen atoms in total. The molecular formula is C17H16ClNO. The van der Waals surface area contributed by atoms with E-state index in [1.807, 2.05) is 36.4 Å². The summed E-state index contributed by atoms with van der Waals surface area (Å²) >= 11 is 5.80. The average Bonchev–Trinajstić information content (AvgIpc) is 2.49. The standard InChI is InChI=1S/C17H16ClNO/c1-2-13-3-5-14(6-4-13)17(20)11-12-19-16-9-7-15(18)8-10-16/h3-12,19H,2H2,1H3/b12-11+. The third-order valence-corrected chi connectivity index (χ3v) is 3.23. The molecule has 2 aromatic carbocycles. The van der Waals surface area contributed by atoms with E-state index in [1.54, 1.807) is 18.3 Å². The number of anilines is 1. The molecule has 0 aliphatic heterocycles. The van der Waals surface area contributed by atoms with Crippen molar-refractivity contribution in [3.05, 3.63) is 77.0 Å². The van der Waals surface area contributed by atoms with Crippen molar-refractivity contribution < 1.29 is 4.79 Å². The number of rotatable bonds is 5. The summed E-state index contributed by atoms with van der Waals surface area (Å²) < 4.78 is 0. The normalized spacial score (nSPS) is 10.7. The van der Waals surface area contributed by atoms with E-state index in [2.05, 4.69) is 12.2 Å². The highest BCUT2D eigenvalue weighted by Crippen LogP contribution is 2.13. The molecule has 0 bridgehead atoms. The second-order valence-electron chi connectivity index (χ2n) is 4.40. The van der Waals surface area contributed by atoms with Crippen molar-refractivity contribution in [3.63, 3.8) is 0 Å². The van der Waals surface area contributed by atoms with Gasteiger partial charge in [-0.1, -0.05) is 42.8 Å². The molecule has 0 atom stereocenters. The van der Waals surface area contributed by atoms with Crippen LogP contribution in [0.4, 0.5) is 5.69 Å². The molecule has 0 saturated carbocycles. The molecule has 2 rings (SSSR count). The molecular weight excluding hydrogens is 270 g/mol. The lowest BCUT2D eigenvalue weighted by Crippen LogP contribution is -1.96. The van der Waals surface area contributed by atoms with Crippen molar-refractivity contribution in [2.75, 3.05) is 5.32 Å². The number of nitrogens with one attached hydrogen (secondary N) is 1. The number of carbonyl (C=O) groups excluding carboxylic acids is 1. The van der Waals surface area contributed by atoms with Gasteiger partial charge in [0.1, 0.15) is 0 Å². The summed E-state index contributed by atoms with van der Waals surface area (Å²) in [5.41, 5.74) is 2.81. The Labute approximate surface area is 124 Å². The molecule has 2 aromatic rings. The fraction of sp³-hybridized carbons (Fsp3) is 0.118. The highest BCUT2D eigenvalue weighted by molar-refractivity contribution is 6.30. The van der Waals surface area contributed by atoms with Crippen molar-refractivity contribution in [3.8, 4) is 0 Å². The Morgan fingerprint density at radius 1 is 1.10 bits per heavy atom. The molecule has 0 aliphatic rings. The Bertz CT molecular complexity index is 600. The lowest BCUT2D eigenvalue weighted by molar-refractivity contribution is 0.104. The molecule has 0 aromatic heterocycles. The second kappa shape index (κ2) is 6.92. The zero-order valence-electron chi connectivity index (χ0n) is 11.3. The second-order valence-corrected chi connectivity index (χ2v) is 4.84. The first-order valence-corrected chi connectivity index (χ1v) is 6.89. The average molecular weight is 286 g/mol. The topological polar surface area (TPSA) is 29.1 Å². The highest BCUT2D eigenvalue weighted by Gasteiger charge is 2.00. The zero-order chi connectivity index (χ0) is 14.4. The number of benzene rings is 2. The highest BCUT2D eigenvalue weighted by atomic mass is 35.5. The Morgan fingerprint density at radius 3 is 2.35 bits per heavy atom. The summed E-state index contributed by atoms with van der Waals surface area (Å²) in [7, 11) is 0. The van der Waals surface area contributed by atoms with Crippen LogP contribution in [-0.2, 0) is 6.42 Å². The quantitative estimate of drug-likeness (QED) is 0.637. The van der Waals surface area contributed by atoms with E-state index in [1.165, 1.54) is 11.6 Å². The molecule has 20 heavy (non-hydrogen) atoms. The van der Waals surface area contributed by atoms with Crippen LogP contribution in [0.1, 0.15) is 22.8 Å². The fourth-order valence-electron chi connectivity index (χ4n) is 1.76. The van der Waals surface area contributed by atoms with E-state index >= 15 is 0 Å². The SMILES string of the molecule is CCc1ccc(C(=O)/C=C/Nc2ccc(Cl)cc2)cc1. The van der Waals surface area contributed by atoms with Crippen LogP contribution in [0.2, 0.25) is 5.02 Å². The summed E-state index contributed by atoms with van der Waals surface area (Å²) in [6, 6.07) is 15.0. The van der Waals surface area contributed by atoms with Crippen LogP contribution in [-0.4, -0.2) is 5.78 Å². The first-order chi connectivity index (χ1) is 9.69. The van der Waals surface area contributed by atoms with Crippen molar-refractivity contribution in [1.82, 2.24) is 0 Å². The van der Waals surface area contributed by atoms with Crippen molar-refractivity contribution in [2.45, 2.75) is 13.3 Å². The van der Waals surface area contributed by atoms with Gasteiger partial charge in [0.05, 0.1) is 0 Å². The number of allylic oxidation sites excluding steroid dienone is 1. The summed E-state index contributed by atoms with van der Waals surface area (Å²) in [6.45, 7) is 2.09. The minimum absolute atomic E-state index is 0.0193. The van der Waals surface area contributed by atoms with E-state index < -0.39 is 0 Å². The van der Waals surface area contributed by atoms with E-state index in [0.29, 0.717) is 10.6 Å². The predicted molar refractivity (Wildman–Crippen MR) is 84.4 cm³/mol. The van der Waals surface area contributed by atoms with E-state index in [4.69, 9.17) is 11.6 Å². The maximum absolute atomic E-state index is 11.9. The van der Waals surface area contributed by atoms with Crippen LogP contribution in [0.5, 0.6) is 0 Å². The van der Waals surface area contributed by atoms with E-state index in [9.17, 15) is 4.79 Å². The Morgan fingerprint density at radius 2 is 1.75 bits per heavy atom. The first-order valence-electron chi connectivity index (χ1n) is 6.51. The van der Waals surface area contributed by atoms with Gasteiger partial charge in [0, 0.05) is 28.5 Å². The van der Waals surface area contributed by atoms with Crippen LogP contribution in [0, 0.1) is 0 Å². The molecule has 102 valence electrons. The molecule has 0 radical (unpaired) electrons. The van der Waals surface area contributed by atoms with Crippen LogP contribution in [0.25, 0.3) is 0 Å². The van der Waals surface area contributed by atoms with Crippen LogP contribution in [0.3, 0.4) is 0 Å². The van der Waals surface area contributed by atoms with Gasteiger partial charge >= 0.3 is 0 Å². The zero-order valence-corrected chi connectivity index (χ0v) is 12.0. The fourth-order valence-corrected chi connectivity index (χ4v) is 1.89. The van der Waals surface area contributed by atoms with Gasteiger partial charge in [-0.25, -0.2) is 0 Å². The Hall–Kier alpha value is -2.06. The summed E-state index contributed by atoms with van der Waals surface area (Å²) in [5, 5.41) is 3.72. The number of hydrogen-bond acceptors (Lipinski definition) is 2. The van der Waals surface area contributed by atoms with Crippen molar-refractivity contribution in [1.29, 1.82) is 0 Å². The lowest BCUT2D eigenvalue weighted by Gasteiger charge is -2.01. The molecule has 1 N–H and O–H groups in total. The first kappa shape index (κ1) is 14.4. The third-order valence-electron chi connectivity index (χ3n) is 2.98. The monoisotopic (exact) mass is 285 g/mol. The number of halogens is 1. The van der Waals surface area contributed by atoms with Gasteiger partial charge in [-0.2, -0.15) is 0 Å². The maximum atomic E-state index is 11.9. The summed E-state index contributed by atoms with van der Waals surface area (Å²) in [6.07, 6.45) is 4.14. The van der Waals surface area contributed by atoms with Crippen molar-refractivity contribution in [2.24, 2.45) is 0 Å². The van der Waals surface area contributed by atoms with E-state index in [0.717, 1.165) is 12.1 Å². The van der Waals surface area contributed by atoms with E-state index in [-0.39, 0.29) is 5.78 Å². The lowest BCUT2D eigenvalue weighted by atomic mass is 10.1. The van der Waals surface area contributed by atoms with Gasteiger partial charge in [0.15, 0.2) is 5.78 Å². The van der Waals surface area contributed by atoms with Gasteiger partial charge in [-0.05, 0) is 36.2 Å². The molecule has 0 amide bonds. The number of hydrogen-bond donors (Lipinski definition) is 1. The molecule has 0 unspecified atom stereocenters. The molecule has 0 fully saturated rings. The number of carbonyl (C=O) groups is 1. The molecule has 0 spiro atoms. The molecule has 3 heteroatoms. The number of aryl methyl sites for hydroxylation is 1. The maximum Gasteiger partial charge on any atom is 0.187 e. The molecule has 0 heterocycles. The third kappa shape index (κ3) is 3.97. The van der Waals surface area contributed by atoms with Crippen LogP contribution < -0.4 is 5.32 Å². The molecule has 0 aliphatic carbocycles. The van der Waals surface area contributed by atoms with Gasteiger partial charge in [-0.15, -0.1) is 0 Å². The predicted octanol–water partition coefficient (Wildman–Crippen LogP) is 4.71. The smallest absolute Gasteiger partial charge is 0.187 e. The Balaban J connectivity index is 1.96. The summed E-state index contributed by atoms with van der Waals surface area (Å²) in [5.74, 6) is -0.0193. The van der Waals surface area contributed by atoms with Gasteiger partial charge in [-0.3, -0.25) is 4.79 Å². The molecule has 0 saturated heterocycles.